The number of amides is 4. The number of rotatable bonds is 8. The van der Waals surface area contributed by atoms with Crippen LogP contribution in [0.1, 0.15) is 36.9 Å². The van der Waals surface area contributed by atoms with E-state index in [0.717, 1.165) is 5.56 Å². The van der Waals surface area contributed by atoms with Crippen LogP contribution in [0.3, 0.4) is 0 Å². The lowest BCUT2D eigenvalue weighted by atomic mass is 9.98. The SMILES string of the molecule is COc1ccc(CNC(=O)N2[C@H]3CN(C(C)c4ccc(F)cc4)C(=O)[C@H](CCC(=O)O)N3C(=O)CN2C)cc1. The minimum atomic E-state index is -1.10. The molecule has 0 bridgehead atoms. The van der Waals surface area contributed by atoms with E-state index >= 15 is 0 Å². The van der Waals surface area contributed by atoms with E-state index in [2.05, 4.69) is 5.32 Å². The highest BCUT2D eigenvalue weighted by Crippen LogP contribution is 2.32. The molecule has 2 fully saturated rings. The van der Waals surface area contributed by atoms with E-state index in [9.17, 15) is 28.7 Å². The number of hydrogen-bond donors (Lipinski definition) is 2. The molecular formula is C27H32FN5O6. The van der Waals surface area contributed by atoms with Gasteiger partial charge in [-0.2, -0.15) is 0 Å². The van der Waals surface area contributed by atoms with Gasteiger partial charge in [0.1, 0.15) is 23.8 Å². The topological polar surface area (TPSA) is 123 Å². The average Bonchev–Trinajstić information content (AvgIpc) is 2.91. The Hall–Kier alpha value is -4.19. The van der Waals surface area contributed by atoms with Crippen LogP contribution in [0.4, 0.5) is 9.18 Å². The minimum Gasteiger partial charge on any atom is -0.497 e. The number of aliphatic carboxylic acids is 1. The van der Waals surface area contributed by atoms with Gasteiger partial charge in [-0.1, -0.05) is 24.3 Å². The van der Waals surface area contributed by atoms with Gasteiger partial charge in [-0.05, 0) is 48.7 Å². The van der Waals surface area contributed by atoms with Crippen LogP contribution < -0.4 is 10.1 Å². The largest absolute Gasteiger partial charge is 0.497 e. The Balaban J connectivity index is 1.62. The highest BCUT2D eigenvalue weighted by atomic mass is 19.1. The molecule has 12 heteroatoms. The van der Waals surface area contributed by atoms with Gasteiger partial charge >= 0.3 is 12.0 Å². The summed E-state index contributed by atoms with van der Waals surface area (Å²) in [5.41, 5.74) is 1.50. The number of ether oxygens (including phenoxy) is 1. The number of nitrogens with zero attached hydrogens (tertiary/aromatic N) is 4. The smallest absolute Gasteiger partial charge is 0.334 e. The zero-order valence-electron chi connectivity index (χ0n) is 22.0. The molecule has 39 heavy (non-hydrogen) atoms. The first-order chi connectivity index (χ1) is 18.6. The van der Waals surface area contributed by atoms with Gasteiger partial charge in [-0.15, -0.1) is 0 Å². The second-order valence-corrected chi connectivity index (χ2v) is 9.62. The molecule has 2 aromatic carbocycles. The maximum atomic E-state index is 13.7. The number of benzene rings is 2. The van der Waals surface area contributed by atoms with E-state index in [1.165, 1.54) is 32.0 Å². The number of methoxy groups -OCH3 is 1. The molecule has 4 amide bonds. The molecule has 208 valence electrons. The number of urea groups is 1. The van der Waals surface area contributed by atoms with E-state index in [1.807, 2.05) is 12.1 Å². The maximum Gasteiger partial charge on any atom is 0.334 e. The van der Waals surface area contributed by atoms with Crippen molar-refractivity contribution in [2.45, 2.75) is 44.6 Å². The standard InChI is InChI=1S/C27H32FN5O6/c1-17(19-6-8-20(28)9-7-19)31-15-23-32(22(26(31)37)12-13-25(35)36)24(34)16-30(2)33(23)27(38)29-14-18-4-10-21(39-3)11-5-18/h4-11,17,22-23H,12-16H2,1-3H3,(H,29,38)(H,35,36)/t17?,22-,23-/m0/s1. The van der Waals surface area contributed by atoms with Gasteiger partial charge in [0.05, 0.1) is 26.2 Å². The molecule has 2 aromatic rings. The number of halogens is 1. The van der Waals surface area contributed by atoms with Gasteiger partial charge in [0, 0.05) is 20.0 Å². The van der Waals surface area contributed by atoms with Crippen LogP contribution in [0, 0.1) is 5.82 Å². The van der Waals surface area contributed by atoms with Crippen LogP contribution in [-0.4, -0.2) is 88.2 Å². The number of nitrogens with one attached hydrogen (secondary N) is 1. The third-order valence-electron chi connectivity index (χ3n) is 7.15. The van der Waals surface area contributed by atoms with Crippen molar-refractivity contribution in [1.82, 2.24) is 25.1 Å². The Kier molecular flexibility index (Phi) is 8.34. The molecule has 3 atom stereocenters. The van der Waals surface area contributed by atoms with Gasteiger partial charge in [0.25, 0.3) is 0 Å². The van der Waals surface area contributed by atoms with Crippen LogP contribution in [-0.2, 0) is 20.9 Å². The summed E-state index contributed by atoms with van der Waals surface area (Å²) < 4.78 is 18.7. The molecule has 0 radical (unpaired) electrons. The van der Waals surface area contributed by atoms with E-state index in [-0.39, 0.29) is 38.4 Å². The fraction of sp³-hybridized carbons (Fsp3) is 0.407. The van der Waals surface area contributed by atoms with Gasteiger partial charge < -0.3 is 25.0 Å². The first kappa shape index (κ1) is 27.8. The number of carboxylic acid groups (broad SMARTS) is 1. The zero-order chi connectivity index (χ0) is 28.3. The number of carbonyl (C=O) groups is 4. The molecule has 0 saturated carbocycles. The molecule has 0 aromatic heterocycles. The fourth-order valence-electron chi connectivity index (χ4n) is 5.07. The number of carbonyl (C=O) groups excluding carboxylic acids is 3. The zero-order valence-corrected chi connectivity index (χ0v) is 22.0. The van der Waals surface area contributed by atoms with Crippen LogP contribution >= 0.6 is 0 Å². The predicted octanol–water partition coefficient (Wildman–Crippen LogP) is 2.20. The molecule has 0 spiro atoms. The summed E-state index contributed by atoms with van der Waals surface area (Å²) in [6.45, 7) is 1.83. The maximum absolute atomic E-state index is 13.7. The lowest BCUT2D eigenvalue weighted by Crippen LogP contribution is -2.76. The number of carboxylic acids is 1. The van der Waals surface area contributed by atoms with Crippen molar-refractivity contribution < 1.29 is 33.4 Å². The van der Waals surface area contributed by atoms with Crippen molar-refractivity contribution in [1.29, 1.82) is 0 Å². The normalized spacial score (nSPS) is 20.5. The van der Waals surface area contributed by atoms with Crippen molar-refractivity contribution in [3.05, 3.63) is 65.5 Å². The summed E-state index contributed by atoms with van der Waals surface area (Å²) in [5.74, 6) is -1.62. The molecule has 2 saturated heterocycles. The summed E-state index contributed by atoms with van der Waals surface area (Å²) in [5, 5.41) is 15.1. The Morgan fingerprint density at radius 2 is 1.79 bits per heavy atom. The Morgan fingerprint density at radius 1 is 1.13 bits per heavy atom. The molecule has 4 rings (SSSR count). The highest BCUT2D eigenvalue weighted by Gasteiger charge is 2.51. The van der Waals surface area contributed by atoms with Crippen molar-refractivity contribution in [2.24, 2.45) is 0 Å². The fourth-order valence-corrected chi connectivity index (χ4v) is 5.07. The van der Waals surface area contributed by atoms with Crippen LogP contribution in [0.2, 0.25) is 0 Å². The van der Waals surface area contributed by atoms with Gasteiger partial charge in [-0.25, -0.2) is 19.2 Å². The summed E-state index contributed by atoms with van der Waals surface area (Å²) in [6.07, 6.45) is -1.30. The third kappa shape index (κ3) is 5.95. The number of fused-ring (bicyclic) bond motifs is 1. The van der Waals surface area contributed by atoms with E-state index in [1.54, 1.807) is 45.3 Å². The second kappa shape index (κ2) is 11.7. The summed E-state index contributed by atoms with van der Waals surface area (Å²) in [7, 11) is 3.17. The van der Waals surface area contributed by atoms with E-state index in [0.29, 0.717) is 11.3 Å². The Morgan fingerprint density at radius 3 is 2.41 bits per heavy atom. The Labute approximate surface area is 225 Å². The van der Waals surface area contributed by atoms with Crippen LogP contribution in [0.5, 0.6) is 5.75 Å². The van der Waals surface area contributed by atoms with Crippen molar-refractivity contribution >= 4 is 23.8 Å². The quantitative estimate of drug-likeness (QED) is 0.525. The summed E-state index contributed by atoms with van der Waals surface area (Å²) >= 11 is 0. The van der Waals surface area contributed by atoms with Crippen LogP contribution in [0.25, 0.3) is 0 Å². The van der Waals surface area contributed by atoms with Crippen LogP contribution in [0.15, 0.2) is 48.5 Å². The minimum absolute atomic E-state index is 0.00696. The lowest BCUT2D eigenvalue weighted by molar-refractivity contribution is -0.189. The highest BCUT2D eigenvalue weighted by molar-refractivity contribution is 5.92. The van der Waals surface area contributed by atoms with E-state index < -0.39 is 42.0 Å². The Bertz CT molecular complexity index is 1220. The number of piperazine rings is 1. The molecule has 2 aliphatic heterocycles. The molecule has 2 aliphatic rings. The number of hydrogen-bond acceptors (Lipinski definition) is 6. The molecule has 11 nitrogen and oxygen atoms in total. The molecule has 2 N–H and O–H groups in total. The van der Waals surface area contributed by atoms with Crippen molar-refractivity contribution in [3.63, 3.8) is 0 Å². The summed E-state index contributed by atoms with van der Waals surface area (Å²) in [6, 6.07) is 10.9. The van der Waals surface area contributed by atoms with Crippen molar-refractivity contribution in [2.75, 3.05) is 27.2 Å². The third-order valence-corrected chi connectivity index (χ3v) is 7.15. The average molecular weight is 542 g/mol. The van der Waals surface area contributed by atoms with E-state index in [4.69, 9.17) is 4.74 Å². The first-order valence-electron chi connectivity index (χ1n) is 12.6. The molecule has 1 unspecified atom stereocenters. The lowest BCUT2D eigenvalue weighted by Gasteiger charge is -2.55. The first-order valence-corrected chi connectivity index (χ1v) is 12.6. The van der Waals surface area contributed by atoms with Gasteiger partial charge in [0.15, 0.2) is 0 Å². The van der Waals surface area contributed by atoms with Crippen molar-refractivity contribution in [3.8, 4) is 5.75 Å². The number of likely N-dealkylation sites (N-methyl/N-ethyl adjacent to an activating group) is 1. The molecular weight excluding hydrogens is 509 g/mol. The summed E-state index contributed by atoms with van der Waals surface area (Å²) in [4.78, 5) is 54.6. The predicted molar refractivity (Wildman–Crippen MR) is 138 cm³/mol. The van der Waals surface area contributed by atoms with Gasteiger partial charge in [-0.3, -0.25) is 14.4 Å². The molecule has 0 aliphatic carbocycles. The van der Waals surface area contributed by atoms with Gasteiger partial charge in [0.2, 0.25) is 11.8 Å². The molecule has 2 heterocycles. The number of hydrazine groups is 1. The second-order valence-electron chi connectivity index (χ2n) is 9.62. The monoisotopic (exact) mass is 541 g/mol.